The highest BCUT2D eigenvalue weighted by Crippen LogP contribution is 2.28. The molecule has 0 bridgehead atoms. The van der Waals surface area contributed by atoms with Crippen molar-refractivity contribution in [3.8, 4) is 0 Å². The third-order valence-corrected chi connectivity index (χ3v) is 5.03. The van der Waals surface area contributed by atoms with Gasteiger partial charge in [-0.3, -0.25) is 0 Å². The molecule has 4 nitrogen and oxygen atoms in total. The molecule has 5 heteroatoms. The summed E-state index contributed by atoms with van der Waals surface area (Å²) in [5, 5.41) is 1.17. The van der Waals surface area contributed by atoms with Crippen LogP contribution in [0.1, 0.15) is 18.9 Å². The predicted molar refractivity (Wildman–Crippen MR) is 92.2 cm³/mol. The molecule has 0 saturated carbocycles. The van der Waals surface area contributed by atoms with Gasteiger partial charge in [-0.05, 0) is 47.0 Å². The summed E-state index contributed by atoms with van der Waals surface area (Å²) in [6.45, 7) is 2.07. The zero-order chi connectivity index (χ0) is 14.9. The standard InChI is InChI=1S/C17H17BrN4/c18-15-3-1-2-13-4-5-16(20-17(13)15)21-9-6-14(7-10-21)22-11-8-19-12-22/h1-5,8,11-12,14H,6-7,9-10H2. The summed E-state index contributed by atoms with van der Waals surface area (Å²) in [5.41, 5.74) is 1.04. The van der Waals surface area contributed by atoms with E-state index in [0.717, 1.165) is 41.7 Å². The maximum Gasteiger partial charge on any atom is 0.129 e. The smallest absolute Gasteiger partial charge is 0.129 e. The van der Waals surface area contributed by atoms with E-state index in [1.807, 2.05) is 24.7 Å². The molecule has 3 heterocycles. The first kappa shape index (κ1) is 13.8. The second-order valence-corrected chi connectivity index (χ2v) is 6.56. The Morgan fingerprint density at radius 1 is 1.09 bits per heavy atom. The number of pyridine rings is 1. The monoisotopic (exact) mass is 356 g/mol. The van der Waals surface area contributed by atoms with Gasteiger partial charge in [0, 0.05) is 41.4 Å². The number of nitrogens with zero attached hydrogens (tertiary/aromatic N) is 4. The number of anilines is 1. The minimum Gasteiger partial charge on any atom is -0.356 e. The number of piperidine rings is 1. The fraction of sp³-hybridized carbons (Fsp3) is 0.294. The van der Waals surface area contributed by atoms with Crippen LogP contribution in [0.3, 0.4) is 0 Å². The van der Waals surface area contributed by atoms with Crippen LogP contribution in [0, 0.1) is 0 Å². The van der Waals surface area contributed by atoms with Gasteiger partial charge in [0.05, 0.1) is 11.8 Å². The SMILES string of the molecule is Brc1cccc2ccc(N3CCC(n4ccnc4)CC3)nc12. The predicted octanol–water partition coefficient (Wildman–Crippen LogP) is 4.04. The lowest BCUT2D eigenvalue weighted by atomic mass is 10.0. The van der Waals surface area contributed by atoms with E-state index >= 15 is 0 Å². The average Bonchev–Trinajstić information content (AvgIpc) is 3.10. The van der Waals surface area contributed by atoms with E-state index in [2.05, 4.69) is 54.8 Å². The van der Waals surface area contributed by atoms with Gasteiger partial charge in [-0.25, -0.2) is 9.97 Å². The van der Waals surface area contributed by atoms with Crippen molar-refractivity contribution in [2.75, 3.05) is 18.0 Å². The zero-order valence-corrected chi connectivity index (χ0v) is 13.8. The number of para-hydroxylation sites is 1. The molecule has 22 heavy (non-hydrogen) atoms. The van der Waals surface area contributed by atoms with Crippen LogP contribution < -0.4 is 4.90 Å². The largest absolute Gasteiger partial charge is 0.356 e. The Balaban J connectivity index is 1.55. The van der Waals surface area contributed by atoms with Crippen molar-refractivity contribution in [2.24, 2.45) is 0 Å². The highest BCUT2D eigenvalue weighted by molar-refractivity contribution is 9.10. The van der Waals surface area contributed by atoms with E-state index in [4.69, 9.17) is 4.98 Å². The summed E-state index contributed by atoms with van der Waals surface area (Å²) in [5.74, 6) is 1.07. The molecule has 2 aromatic heterocycles. The maximum atomic E-state index is 4.85. The topological polar surface area (TPSA) is 34.0 Å². The molecule has 0 spiro atoms. The second kappa shape index (κ2) is 5.72. The quantitative estimate of drug-likeness (QED) is 0.694. The molecule has 4 rings (SSSR count). The van der Waals surface area contributed by atoms with Gasteiger partial charge in [0.2, 0.25) is 0 Å². The summed E-state index contributed by atoms with van der Waals surface area (Å²) in [7, 11) is 0. The Morgan fingerprint density at radius 2 is 1.95 bits per heavy atom. The molecule has 1 aliphatic rings. The molecule has 0 aliphatic carbocycles. The van der Waals surface area contributed by atoms with Crippen molar-refractivity contribution in [2.45, 2.75) is 18.9 Å². The number of imidazole rings is 1. The number of benzene rings is 1. The molecule has 0 unspecified atom stereocenters. The summed E-state index contributed by atoms with van der Waals surface area (Å²) in [6.07, 6.45) is 8.10. The van der Waals surface area contributed by atoms with Crippen molar-refractivity contribution in [3.63, 3.8) is 0 Å². The normalized spacial score (nSPS) is 16.3. The molecule has 0 N–H and O–H groups in total. The van der Waals surface area contributed by atoms with E-state index < -0.39 is 0 Å². The van der Waals surface area contributed by atoms with Gasteiger partial charge in [-0.15, -0.1) is 0 Å². The second-order valence-electron chi connectivity index (χ2n) is 5.71. The minimum atomic E-state index is 0.561. The highest BCUT2D eigenvalue weighted by Gasteiger charge is 2.21. The Kier molecular flexibility index (Phi) is 3.58. The molecule has 0 radical (unpaired) electrons. The van der Waals surface area contributed by atoms with E-state index in [-0.39, 0.29) is 0 Å². The van der Waals surface area contributed by atoms with E-state index in [1.165, 1.54) is 5.39 Å². The summed E-state index contributed by atoms with van der Waals surface area (Å²) >= 11 is 3.60. The van der Waals surface area contributed by atoms with Crippen molar-refractivity contribution < 1.29 is 0 Å². The van der Waals surface area contributed by atoms with Crippen LogP contribution in [-0.4, -0.2) is 27.6 Å². The molecular weight excluding hydrogens is 340 g/mol. The van der Waals surface area contributed by atoms with E-state index in [1.54, 1.807) is 0 Å². The molecule has 1 aromatic carbocycles. The fourth-order valence-electron chi connectivity index (χ4n) is 3.16. The van der Waals surface area contributed by atoms with Gasteiger partial charge in [0.1, 0.15) is 5.82 Å². The molecule has 112 valence electrons. The van der Waals surface area contributed by atoms with Crippen molar-refractivity contribution in [1.82, 2.24) is 14.5 Å². The molecular formula is C17H17BrN4. The van der Waals surface area contributed by atoms with Crippen molar-refractivity contribution >= 4 is 32.7 Å². The first-order valence-electron chi connectivity index (χ1n) is 7.59. The van der Waals surface area contributed by atoms with E-state index in [9.17, 15) is 0 Å². The van der Waals surface area contributed by atoms with Crippen LogP contribution >= 0.6 is 15.9 Å². The van der Waals surface area contributed by atoms with Crippen molar-refractivity contribution in [1.29, 1.82) is 0 Å². The minimum absolute atomic E-state index is 0.561. The molecule has 0 atom stereocenters. The van der Waals surface area contributed by atoms with Crippen LogP contribution in [0.2, 0.25) is 0 Å². The molecule has 1 saturated heterocycles. The van der Waals surface area contributed by atoms with Crippen LogP contribution in [0.4, 0.5) is 5.82 Å². The lowest BCUT2D eigenvalue weighted by molar-refractivity contribution is 0.395. The zero-order valence-electron chi connectivity index (χ0n) is 12.2. The first-order valence-corrected chi connectivity index (χ1v) is 8.38. The highest BCUT2D eigenvalue weighted by atomic mass is 79.9. The van der Waals surface area contributed by atoms with Gasteiger partial charge in [-0.2, -0.15) is 0 Å². The lowest BCUT2D eigenvalue weighted by Gasteiger charge is -2.33. The van der Waals surface area contributed by atoms with Crippen LogP contribution in [0.15, 0.2) is 53.5 Å². The number of rotatable bonds is 2. The summed E-state index contributed by atoms with van der Waals surface area (Å²) in [4.78, 5) is 11.4. The fourth-order valence-corrected chi connectivity index (χ4v) is 3.63. The Labute approximate surface area is 137 Å². The molecule has 1 aliphatic heterocycles. The first-order chi connectivity index (χ1) is 10.8. The maximum absolute atomic E-state index is 4.85. The van der Waals surface area contributed by atoms with Crippen molar-refractivity contribution in [3.05, 3.63) is 53.5 Å². The summed E-state index contributed by atoms with van der Waals surface area (Å²) < 4.78 is 3.28. The third-order valence-electron chi connectivity index (χ3n) is 4.39. The number of hydrogen-bond acceptors (Lipinski definition) is 3. The molecule has 3 aromatic rings. The Bertz CT molecular complexity index is 776. The van der Waals surface area contributed by atoms with Gasteiger partial charge in [0.25, 0.3) is 0 Å². The lowest BCUT2D eigenvalue weighted by Crippen LogP contribution is -2.34. The van der Waals surface area contributed by atoms with Crippen LogP contribution in [0.25, 0.3) is 10.9 Å². The number of hydrogen-bond donors (Lipinski definition) is 0. The third kappa shape index (κ3) is 2.50. The number of halogens is 1. The van der Waals surface area contributed by atoms with Crippen LogP contribution in [0.5, 0.6) is 0 Å². The van der Waals surface area contributed by atoms with E-state index in [0.29, 0.717) is 6.04 Å². The molecule has 1 fully saturated rings. The summed E-state index contributed by atoms with van der Waals surface area (Å²) in [6, 6.07) is 11.0. The number of aromatic nitrogens is 3. The van der Waals surface area contributed by atoms with Gasteiger partial charge >= 0.3 is 0 Å². The van der Waals surface area contributed by atoms with Gasteiger partial charge in [0.15, 0.2) is 0 Å². The van der Waals surface area contributed by atoms with Gasteiger partial charge in [-0.1, -0.05) is 12.1 Å². The Morgan fingerprint density at radius 3 is 2.73 bits per heavy atom. The number of fused-ring (bicyclic) bond motifs is 1. The van der Waals surface area contributed by atoms with Gasteiger partial charge < -0.3 is 9.47 Å². The van der Waals surface area contributed by atoms with Crippen LogP contribution in [-0.2, 0) is 0 Å². The molecule has 0 amide bonds. The Hall–Kier alpha value is -1.88. The average molecular weight is 357 g/mol.